The first-order valence-corrected chi connectivity index (χ1v) is 8.36. The first-order chi connectivity index (χ1) is 11.0. The highest BCUT2D eigenvalue weighted by atomic mass is 79.9. The molecule has 2 rings (SSSR count). The smallest absolute Gasteiger partial charge is 0.417 e. The van der Waals surface area contributed by atoms with Gasteiger partial charge in [-0.25, -0.2) is 4.79 Å². The molecule has 0 bridgehead atoms. The lowest BCUT2D eigenvalue weighted by molar-refractivity contribution is -0.138. The number of benzene rings is 1. The quantitative estimate of drug-likeness (QED) is 0.684. The zero-order valence-electron chi connectivity index (χ0n) is 13.8. The average Bonchev–Trinajstić information content (AvgIpc) is 2.44. The Morgan fingerprint density at radius 1 is 1.12 bits per heavy atom. The van der Waals surface area contributed by atoms with E-state index in [4.69, 9.17) is 4.74 Å². The molecule has 1 aliphatic heterocycles. The average molecular weight is 409 g/mol. The van der Waals surface area contributed by atoms with E-state index in [1.165, 1.54) is 12.1 Å². The van der Waals surface area contributed by atoms with Crippen LogP contribution in [0.5, 0.6) is 0 Å². The summed E-state index contributed by atoms with van der Waals surface area (Å²) in [5.74, 6) is 0. The Bertz CT molecular complexity index is 606. The van der Waals surface area contributed by atoms with Crippen LogP contribution in [0, 0.1) is 0 Å². The Morgan fingerprint density at radius 2 is 1.71 bits per heavy atom. The molecule has 0 aliphatic carbocycles. The Balaban J connectivity index is 2.00. The van der Waals surface area contributed by atoms with Crippen LogP contribution in [0.3, 0.4) is 0 Å². The zero-order chi connectivity index (χ0) is 18.1. The Hall–Kier alpha value is -1.44. The van der Waals surface area contributed by atoms with Crippen LogP contribution in [0.4, 0.5) is 23.7 Å². The van der Waals surface area contributed by atoms with E-state index in [-0.39, 0.29) is 10.6 Å². The Kier molecular flexibility index (Phi) is 5.37. The van der Waals surface area contributed by atoms with Gasteiger partial charge >= 0.3 is 12.3 Å². The standard InChI is InChI=1S/C16H20BrF3N2O2/c1-15(2,3)24-14(23)22-8-6-21(7-9-22)11-4-5-12(13(17)10-11)16(18,19)20/h4-5,10H,6-9H2,1-3H3. The molecule has 4 nitrogen and oxygen atoms in total. The lowest BCUT2D eigenvalue weighted by Gasteiger charge is -2.37. The first-order valence-electron chi connectivity index (χ1n) is 7.57. The summed E-state index contributed by atoms with van der Waals surface area (Å²) in [5, 5.41) is 0. The maximum Gasteiger partial charge on any atom is 0.417 e. The predicted molar refractivity (Wildman–Crippen MR) is 89.2 cm³/mol. The molecule has 24 heavy (non-hydrogen) atoms. The number of piperazine rings is 1. The van der Waals surface area contributed by atoms with Crippen molar-refractivity contribution in [1.29, 1.82) is 0 Å². The summed E-state index contributed by atoms with van der Waals surface area (Å²) >= 11 is 2.99. The molecule has 0 spiro atoms. The third-order valence-corrected chi connectivity index (χ3v) is 4.21. The highest BCUT2D eigenvalue weighted by Gasteiger charge is 2.33. The maximum atomic E-state index is 12.8. The molecule has 1 heterocycles. The SMILES string of the molecule is CC(C)(C)OC(=O)N1CCN(c2ccc(C(F)(F)F)c(Br)c2)CC1. The van der Waals surface area contributed by atoms with Gasteiger partial charge in [0.25, 0.3) is 0 Å². The summed E-state index contributed by atoms with van der Waals surface area (Å²) in [5.41, 5.74) is -0.552. The second-order valence-electron chi connectivity index (χ2n) is 6.62. The van der Waals surface area contributed by atoms with Gasteiger partial charge in [-0.1, -0.05) is 15.9 Å². The van der Waals surface area contributed by atoms with Crippen molar-refractivity contribution < 1.29 is 22.7 Å². The minimum Gasteiger partial charge on any atom is -0.444 e. The van der Waals surface area contributed by atoms with E-state index in [1.54, 1.807) is 25.7 Å². The van der Waals surface area contributed by atoms with Crippen molar-refractivity contribution in [2.45, 2.75) is 32.5 Å². The third kappa shape index (κ3) is 4.78. The van der Waals surface area contributed by atoms with E-state index in [0.29, 0.717) is 31.9 Å². The fraction of sp³-hybridized carbons (Fsp3) is 0.562. The number of carbonyl (C=O) groups excluding carboxylic acids is 1. The molecule has 1 aromatic rings. The number of anilines is 1. The summed E-state index contributed by atoms with van der Waals surface area (Å²) in [6, 6.07) is 3.99. The van der Waals surface area contributed by atoms with Gasteiger partial charge in [-0.05, 0) is 39.0 Å². The Labute approximate surface area is 147 Å². The van der Waals surface area contributed by atoms with Crippen LogP contribution in [-0.4, -0.2) is 42.8 Å². The molecule has 0 aromatic heterocycles. The molecule has 8 heteroatoms. The van der Waals surface area contributed by atoms with Crippen LogP contribution < -0.4 is 4.90 Å². The molecular formula is C16H20BrF3N2O2. The van der Waals surface area contributed by atoms with Gasteiger partial charge in [0.1, 0.15) is 5.60 Å². The van der Waals surface area contributed by atoms with Gasteiger partial charge in [-0.2, -0.15) is 13.2 Å². The lowest BCUT2D eigenvalue weighted by Crippen LogP contribution is -2.50. The topological polar surface area (TPSA) is 32.8 Å². The molecular weight excluding hydrogens is 389 g/mol. The third-order valence-electron chi connectivity index (χ3n) is 3.55. The minimum absolute atomic E-state index is 0.0158. The van der Waals surface area contributed by atoms with Gasteiger partial charge in [0.2, 0.25) is 0 Å². The van der Waals surface area contributed by atoms with Crippen LogP contribution >= 0.6 is 15.9 Å². The lowest BCUT2D eigenvalue weighted by atomic mass is 10.1. The van der Waals surface area contributed by atoms with E-state index >= 15 is 0 Å². The number of amides is 1. The summed E-state index contributed by atoms with van der Waals surface area (Å²) in [6.07, 6.45) is -4.75. The molecule has 1 amide bonds. The summed E-state index contributed by atoms with van der Waals surface area (Å²) in [7, 11) is 0. The van der Waals surface area contributed by atoms with E-state index in [1.807, 2.05) is 4.90 Å². The van der Waals surface area contributed by atoms with Crippen LogP contribution in [0.2, 0.25) is 0 Å². The molecule has 1 saturated heterocycles. The summed E-state index contributed by atoms with van der Waals surface area (Å²) < 4.78 is 43.7. The summed E-state index contributed by atoms with van der Waals surface area (Å²) in [6.45, 7) is 7.43. The van der Waals surface area contributed by atoms with Crippen LogP contribution in [0.1, 0.15) is 26.3 Å². The van der Waals surface area contributed by atoms with Crippen molar-refractivity contribution >= 4 is 27.7 Å². The van der Waals surface area contributed by atoms with Crippen molar-refractivity contribution in [2.75, 3.05) is 31.1 Å². The number of ether oxygens (including phenoxy) is 1. The number of rotatable bonds is 1. The van der Waals surface area contributed by atoms with Gasteiger partial charge in [0, 0.05) is 36.3 Å². The predicted octanol–water partition coefficient (Wildman–Crippen LogP) is 4.53. The van der Waals surface area contributed by atoms with Gasteiger partial charge in [0.05, 0.1) is 5.56 Å². The molecule has 1 fully saturated rings. The van der Waals surface area contributed by atoms with Crippen LogP contribution in [0.25, 0.3) is 0 Å². The van der Waals surface area contributed by atoms with Gasteiger partial charge in [0.15, 0.2) is 0 Å². The number of nitrogens with zero attached hydrogens (tertiary/aromatic N) is 2. The molecule has 1 aliphatic rings. The first kappa shape index (κ1) is 18.9. The molecule has 0 atom stereocenters. The molecule has 0 unspecified atom stereocenters. The van der Waals surface area contributed by atoms with Gasteiger partial charge in [-0.15, -0.1) is 0 Å². The molecule has 0 N–H and O–H groups in total. The van der Waals surface area contributed by atoms with E-state index in [2.05, 4.69) is 15.9 Å². The second-order valence-corrected chi connectivity index (χ2v) is 7.47. The number of hydrogen-bond acceptors (Lipinski definition) is 3. The number of alkyl halides is 3. The van der Waals surface area contributed by atoms with Gasteiger partial charge < -0.3 is 14.5 Å². The van der Waals surface area contributed by atoms with Crippen molar-refractivity contribution in [3.8, 4) is 0 Å². The van der Waals surface area contributed by atoms with Crippen molar-refractivity contribution in [3.05, 3.63) is 28.2 Å². The normalized spacial score (nSPS) is 16.3. The summed E-state index contributed by atoms with van der Waals surface area (Å²) in [4.78, 5) is 15.6. The largest absolute Gasteiger partial charge is 0.444 e. The molecule has 0 radical (unpaired) electrons. The highest BCUT2D eigenvalue weighted by Crippen LogP contribution is 2.36. The Morgan fingerprint density at radius 3 is 2.17 bits per heavy atom. The molecule has 134 valence electrons. The zero-order valence-corrected chi connectivity index (χ0v) is 15.4. The van der Waals surface area contributed by atoms with E-state index in [9.17, 15) is 18.0 Å². The molecule has 0 saturated carbocycles. The fourth-order valence-electron chi connectivity index (χ4n) is 2.40. The van der Waals surface area contributed by atoms with E-state index < -0.39 is 17.3 Å². The number of carbonyl (C=O) groups is 1. The maximum absolute atomic E-state index is 12.8. The van der Waals surface area contributed by atoms with Gasteiger partial charge in [-0.3, -0.25) is 0 Å². The second kappa shape index (κ2) is 6.82. The van der Waals surface area contributed by atoms with Crippen LogP contribution in [0.15, 0.2) is 22.7 Å². The molecule has 1 aromatic carbocycles. The van der Waals surface area contributed by atoms with E-state index in [0.717, 1.165) is 6.07 Å². The number of hydrogen-bond donors (Lipinski definition) is 0. The monoisotopic (exact) mass is 408 g/mol. The minimum atomic E-state index is -4.38. The highest BCUT2D eigenvalue weighted by molar-refractivity contribution is 9.10. The number of halogens is 4. The fourth-order valence-corrected chi connectivity index (χ4v) is 3.00. The van der Waals surface area contributed by atoms with Crippen LogP contribution in [-0.2, 0) is 10.9 Å². The van der Waals surface area contributed by atoms with Crippen molar-refractivity contribution in [1.82, 2.24) is 4.90 Å². The van der Waals surface area contributed by atoms with Crippen molar-refractivity contribution in [2.24, 2.45) is 0 Å². The van der Waals surface area contributed by atoms with Crippen molar-refractivity contribution in [3.63, 3.8) is 0 Å².